The molecule has 1 aromatic carbocycles. The molecule has 1 aromatic rings. The second kappa shape index (κ2) is 4.76. The first-order valence-corrected chi connectivity index (χ1v) is 7.12. The van der Waals surface area contributed by atoms with Crippen molar-refractivity contribution in [1.29, 1.82) is 0 Å². The number of hydrogen-bond donors (Lipinski definition) is 0. The van der Waals surface area contributed by atoms with Crippen LogP contribution in [-0.4, -0.2) is 25.2 Å². The average molecular weight is 276 g/mol. The lowest BCUT2D eigenvalue weighted by Crippen LogP contribution is -2.41. The molecule has 0 bridgehead atoms. The van der Waals surface area contributed by atoms with Crippen LogP contribution in [-0.2, 0) is 21.1 Å². The lowest BCUT2D eigenvalue weighted by atomic mass is 9.99. The molecule has 0 aliphatic carbocycles. The van der Waals surface area contributed by atoms with Crippen LogP contribution in [0.4, 0.5) is 8.78 Å². The third-order valence-corrected chi connectivity index (χ3v) is 5.08. The number of ketones is 1. The zero-order valence-electron chi connectivity index (χ0n) is 10.3. The quantitative estimate of drug-likeness (QED) is 0.844. The first kappa shape index (κ1) is 14.8. The lowest BCUT2D eigenvalue weighted by molar-refractivity contribution is -0.120. The van der Waals surface area contributed by atoms with Gasteiger partial charge in [-0.15, -0.1) is 0 Å². The van der Waals surface area contributed by atoms with Crippen LogP contribution in [0.3, 0.4) is 0 Å². The van der Waals surface area contributed by atoms with Crippen molar-refractivity contribution in [3.8, 4) is 0 Å². The number of hydrogen-bond acceptors (Lipinski definition) is 3. The number of rotatable bonds is 4. The van der Waals surface area contributed by atoms with Gasteiger partial charge in [-0.1, -0.05) is 6.07 Å². The summed E-state index contributed by atoms with van der Waals surface area (Å²) in [7, 11) is -3.64. The first-order valence-electron chi connectivity index (χ1n) is 5.23. The lowest BCUT2D eigenvalue weighted by Gasteiger charge is -2.21. The van der Waals surface area contributed by atoms with E-state index in [1.54, 1.807) is 0 Å². The van der Waals surface area contributed by atoms with E-state index in [0.29, 0.717) is 0 Å². The summed E-state index contributed by atoms with van der Waals surface area (Å²) in [4.78, 5) is 11.9. The van der Waals surface area contributed by atoms with Crippen LogP contribution in [0, 0.1) is 11.6 Å². The van der Waals surface area contributed by atoms with Gasteiger partial charge in [0.2, 0.25) is 0 Å². The fourth-order valence-corrected chi connectivity index (χ4v) is 1.77. The maximum Gasteiger partial charge on any atom is 0.159 e. The van der Waals surface area contributed by atoms with Crippen LogP contribution in [0.2, 0.25) is 0 Å². The number of Topliss-reactive ketones (excluding diaryl/α,β-unsaturated/α-hetero) is 1. The molecule has 0 amide bonds. The molecule has 0 aromatic heterocycles. The van der Waals surface area contributed by atoms with E-state index in [1.807, 2.05) is 0 Å². The molecule has 6 heteroatoms. The van der Waals surface area contributed by atoms with E-state index in [4.69, 9.17) is 0 Å². The SMILES string of the molecule is CC(C)(C(=O)Cc1c(F)cccc1F)S(C)(=O)=O. The minimum absolute atomic E-state index is 0.403. The van der Waals surface area contributed by atoms with Gasteiger partial charge in [0.1, 0.15) is 16.4 Å². The molecular formula is C12H14F2O3S. The Bertz CT molecular complexity index is 557. The molecule has 0 saturated heterocycles. The van der Waals surface area contributed by atoms with Gasteiger partial charge in [0, 0.05) is 18.2 Å². The average Bonchev–Trinajstić information content (AvgIpc) is 2.21. The van der Waals surface area contributed by atoms with Crippen molar-refractivity contribution in [2.75, 3.05) is 6.26 Å². The Morgan fingerprint density at radius 3 is 2.06 bits per heavy atom. The largest absolute Gasteiger partial charge is 0.298 e. The van der Waals surface area contributed by atoms with E-state index in [9.17, 15) is 22.0 Å². The highest BCUT2D eigenvalue weighted by Gasteiger charge is 2.38. The molecule has 0 unspecified atom stereocenters. The molecule has 18 heavy (non-hydrogen) atoms. The third-order valence-electron chi connectivity index (χ3n) is 3.00. The van der Waals surface area contributed by atoms with Gasteiger partial charge in [0.15, 0.2) is 15.6 Å². The van der Waals surface area contributed by atoms with Gasteiger partial charge < -0.3 is 0 Å². The van der Waals surface area contributed by atoms with E-state index in [1.165, 1.54) is 19.9 Å². The van der Waals surface area contributed by atoms with Crippen molar-refractivity contribution in [3.63, 3.8) is 0 Å². The minimum atomic E-state index is -3.64. The molecule has 0 aliphatic rings. The van der Waals surface area contributed by atoms with Crippen molar-refractivity contribution in [3.05, 3.63) is 35.4 Å². The summed E-state index contributed by atoms with van der Waals surface area (Å²) in [5.74, 6) is -2.45. The molecule has 0 heterocycles. The van der Waals surface area contributed by atoms with Gasteiger partial charge in [-0.2, -0.15) is 0 Å². The predicted octanol–water partition coefficient (Wildman–Crippen LogP) is 1.90. The molecule has 0 saturated carbocycles. The van der Waals surface area contributed by atoms with Crippen molar-refractivity contribution in [1.82, 2.24) is 0 Å². The molecule has 1 rings (SSSR count). The van der Waals surface area contributed by atoms with Crippen LogP contribution < -0.4 is 0 Å². The van der Waals surface area contributed by atoms with Crippen molar-refractivity contribution in [2.45, 2.75) is 25.0 Å². The second-order valence-electron chi connectivity index (χ2n) is 4.58. The summed E-state index contributed by atoms with van der Waals surface area (Å²) in [6.07, 6.45) is 0.335. The molecule has 0 spiro atoms. The zero-order valence-corrected chi connectivity index (χ0v) is 11.1. The summed E-state index contributed by atoms with van der Waals surface area (Å²) >= 11 is 0. The van der Waals surface area contributed by atoms with Crippen LogP contribution in [0.5, 0.6) is 0 Å². The smallest absolute Gasteiger partial charge is 0.159 e. The standard InChI is InChI=1S/C12H14F2O3S/c1-12(2,18(3,16)17)11(15)7-8-9(13)5-4-6-10(8)14/h4-6H,7H2,1-3H3. The third kappa shape index (κ3) is 2.75. The molecule has 100 valence electrons. The molecule has 0 aliphatic heterocycles. The van der Waals surface area contributed by atoms with Crippen LogP contribution in [0.15, 0.2) is 18.2 Å². The Morgan fingerprint density at radius 2 is 1.67 bits per heavy atom. The minimum Gasteiger partial charge on any atom is -0.298 e. The van der Waals surface area contributed by atoms with Gasteiger partial charge in [0.05, 0.1) is 0 Å². The van der Waals surface area contributed by atoms with Gasteiger partial charge >= 0.3 is 0 Å². The number of halogens is 2. The van der Waals surface area contributed by atoms with E-state index >= 15 is 0 Å². The van der Waals surface area contributed by atoms with Crippen LogP contribution >= 0.6 is 0 Å². The van der Waals surface area contributed by atoms with Crippen molar-refractivity contribution >= 4 is 15.6 Å². The maximum atomic E-state index is 13.4. The van der Waals surface area contributed by atoms with E-state index < -0.39 is 44.0 Å². The van der Waals surface area contributed by atoms with Gasteiger partial charge in [-0.05, 0) is 26.0 Å². The molecule has 0 radical (unpaired) electrons. The molecule has 3 nitrogen and oxygen atoms in total. The Hall–Kier alpha value is -1.30. The normalized spacial score (nSPS) is 12.5. The zero-order chi connectivity index (χ0) is 14.1. The summed E-state index contributed by atoms with van der Waals surface area (Å²) in [5, 5.41) is 0. The fraction of sp³-hybridized carbons (Fsp3) is 0.417. The van der Waals surface area contributed by atoms with Gasteiger partial charge in [-0.3, -0.25) is 4.79 Å². The highest BCUT2D eigenvalue weighted by Crippen LogP contribution is 2.21. The highest BCUT2D eigenvalue weighted by atomic mass is 32.2. The van der Waals surface area contributed by atoms with E-state index in [0.717, 1.165) is 18.4 Å². The Labute approximate surface area is 105 Å². The first-order chi connectivity index (χ1) is 8.07. The van der Waals surface area contributed by atoms with Crippen LogP contribution in [0.25, 0.3) is 0 Å². The monoisotopic (exact) mass is 276 g/mol. The molecule has 0 N–H and O–H groups in total. The fourth-order valence-electron chi connectivity index (χ4n) is 1.28. The van der Waals surface area contributed by atoms with Crippen molar-refractivity contribution < 1.29 is 22.0 Å². The molecule has 0 atom stereocenters. The highest BCUT2D eigenvalue weighted by molar-refractivity contribution is 7.92. The number of carbonyl (C=O) groups is 1. The predicted molar refractivity (Wildman–Crippen MR) is 64.0 cm³/mol. The Morgan fingerprint density at radius 1 is 1.22 bits per heavy atom. The topological polar surface area (TPSA) is 51.2 Å². The summed E-state index contributed by atoms with van der Waals surface area (Å²) in [6, 6.07) is 3.23. The summed E-state index contributed by atoms with van der Waals surface area (Å²) in [5.41, 5.74) is -0.403. The number of sulfone groups is 1. The Balaban J connectivity index is 3.10. The Kier molecular flexibility index (Phi) is 3.90. The number of benzene rings is 1. The number of carbonyl (C=O) groups excluding carboxylic acids is 1. The van der Waals surface area contributed by atoms with Gasteiger partial charge in [-0.25, -0.2) is 17.2 Å². The van der Waals surface area contributed by atoms with E-state index in [-0.39, 0.29) is 0 Å². The molecule has 0 fully saturated rings. The summed E-state index contributed by atoms with van der Waals surface area (Å²) in [6.45, 7) is 2.45. The van der Waals surface area contributed by atoms with Crippen LogP contribution in [0.1, 0.15) is 19.4 Å². The van der Waals surface area contributed by atoms with Gasteiger partial charge in [0.25, 0.3) is 0 Å². The maximum absolute atomic E-state index is 13.4. The van der Waals surface area contributed by atoms with E-state index in [2.05, 4.69) is 0 Å². The second-order valence-corrected chi connectivity index (χ2v) is 7.15. The summed E-state index contributed by atoms with van der Waals surface area (Å²) < 4.78 is 47.9. The van der Waals surface area contributed by atoms with Crippen molar-refractivity contribution in [2.24, 2.45) is 0 Å². The molecular weight excluding hydrogens is 262 g/mol.